The van der Waals surface area contributed by atoms with Gasteiger partial charge in [0.25, 0.3) is 0 Å². The van der Waals surface area contributed by atoms with Gasteiger partial charge in [-0.05, 0) is 24.6 Å². The number of rotatable bonds is 3. The molecule has 0 spiro atoms. The van der Waals surface area contributed by atoms with Crippen LogP contribution >= 0.6 is 23.1 Å². The third kappa shape index (κ3) is 2.52. The second-order valence-corrected chi connectivity index (χ2v) is 6.17. The van der Waals surface area contributed by atoms with Crippen molar-refractivity contribution < 1.29 is 0 Å². The molecule has 0 amide bonds. The molecule has 3 aromatic rings. The smallest absolute Gasteiger partial charge is 0.151 e. The van der Waals surface area contributed by atoms with E-state index in [9.17, 15) is 0 Å². The van der Waals surface area contributed by atoms with E-state index in [4.69, 9.17) is 0 Å². The van der Waals surface area contributed by atoms with Gasteiger partial charge in [0.1, 0.15) is 5.82 Å². The van der Waals surface area contributed by atoms with E-state index in [1.165, 1.54) is 4.70 Å². The summed E-state index contributed by atoms with van der Waals surface area (Å²) in [5, 5.41) is 0. The average molecular weight is 273 g/mol. The van der Waals surface area contributed by atoms with Crippen molar-refractivity contribution in [2.45, 2.75) is 17.0 Å². The Hall–Kier alpha value is -1.46. The summed E-state index contributed by atoms with van der Waals surface area (Å²) in [6, 6.07) is 8.19. The molecular weight excluding hydrogens is 262 g/mol. The highest BCUT2D eigenvalue weighted by Crippen LogP contribution is 2.30. The quantitative estimate of drug-likeness (QED) is 0.682. The normalized spacial score (nSPS) is 10.9. The van der Waals surface area contributed by atoms with Crippen LogP contribution in [0.2, 0.25) is 0 Å². The highest BCUT2D eigenvalue weighted by atomic mass is 32.2. The Morgan fingerprint density at radius 3 is 2.72 bits per heavy atom. The molecule has 0 aliphatic carbocycles. The molecule has 3 rings (SSSR count). The third-order valence-electron chi connectivity index (χ3n) is 2.43. The van der Waals surface area contributed by atoms with E-state index in [0.29, 0.717) is 0 Å². The average Bonchev–Trinajstić information content (AvgIpc) is 2.81. The number of nitrogens with zero attached hydrogens (tertiary/aromatic N) is 3. The lowest BCUT2D eigenvalue weighted by molar-refractivity contribution is 1.01. The summed E-state index contributed by atoms with van der Waals surface area (Å²) in [4.78, 5) is 13.2. The lowest BCUT2D eigenvalue weighted by atomic mass is 10.3. The Balaban J connectivity index is 1.74. The Bertz CT molecular complexity index is 628. The van der Waals surface area contributed by atoms with Crippen LogP contribution in [0.5, 0.6) is 0 Å². The van der Waals surface area contributed by atoms with Crippen LogP contribution in [0.25, 0.3) is 10.2 Å². The molecule has 0 unspecified atom stereocenters. The fourth-order valence-electron chi connectivity index (χ4n) is 1.53. The first-order valence-corrected chi connectivity index (χ1v) is 7.37. The number of hydrogen-bond acceptors (Lipinski definition) is 5. The van der Waals surface area contributed by atoms with E-state index < -0.39 is 0 Å². The summed E-state index contributed by atoms with van der Waals surface area (Å²) in [5.74, 6) is 1.62. The molecule has 0 bridgehead atoms. The molecule has 2 aromatic heterocycles. The summed E-state index contributed by atoms with van der Waals surface area (Å²) < 4.78 is 2.30. The number of thiazole rings is 1. The molecule has 0 aliphatic rings. The van der Waals surface area contributed by atoms with E-state index in [0.717, 1.165) is 27.0 Å². The van der Waals surface area contributed by atoms with Crippen LogP contribution in [-0.2, 0) is 5.75 Å². The molecule has 0 atom stereocenters. The summed E-state index contributed by atoms with van der Waals surface area (Å²) in [6.07, 6.45) is 3.70. The molecular formula is C13H11N3S2. The standard InChI is InChI=1S/C13H11N3S2/c1-9-6-14-12(15-7-9)8-17-13-16-10-4-2-3-5-11(10)18-13/h2-7H,8H2,1H3. The summed E-state index contributed by atoms with van der Waals surface area (Å²) in [6.45, 7) is 1.99. The summed E-state index contributed by atoms with van der Waals surface area (Å²) in [7, 11) is 0. The first-order valence-electron chi connectivity index (χ1n) is 5.57. The molecule has 0 fully saturated rings. The van der Waals surface area contributed by atoms with Gasteiger partial charge in [0, 0.05) is 12.4 Å². The van der Waals surface area contributed by atoms with Gasteiger partial charge < -0.3 is 0 Å². The Morgan fingerprint density at radius 2 is 1.94 bits per heavy atom. The van der Waals surface area contributed by atoms with Crippen LogP contribution < -0.4 is 0 Å². The number of para-hydroxylation sites is 1. The molecule has 3 nitrogen and oxygen atoms in total. The predicted molar refractivity (Wildman–Crippen MR) is 76.0 cm³/mol. The molecule has 90 valence electrons. The van der Waals surface area contributed by atoms with Crippen molar-refractivity contribution in [3.05, 3.63) is 48.0 Å². The van der Waals surface area contributed by atoms with Crippen molar-refractivity contribution in [1.29, 1.82) is 0 Å². The minimum atomic E-state index is 0.764. The number of aromatic nitrogens is 3. The monoisotopic (exact) mass is 273 g/mol. The maximum absolute atomic E-state index is 4.57. The van der Waals surface area contributed by atoms with Crippen molar-refractivity contribution >= 4 is 33.3 Å². The van der Waals surface area contributed by atoms with Gasteiger partial charge in [0.05, 0.1) is 16.0 Å². The maximum Gasteiger partial charge on any atom is 0.151 e. The zero-order chi connectivity index (χ0) is 12.4. The Kier molecular flexibility index (Phi) is 3.25. The first-order chi connectivity index (χ1) is 8.81. The number of aryl methyl sites for hydroxylation is 1. The van der Waals surface area contributed by atoms with E-state index in [-0.39, 0.29) is 0 Å². The summed E-state index contributed by atoms with van der Waals surface area (Å²) in [5.41, 5.74) is 2.15. The molecule has 0 aliphatic heterocycles. The second kappa shape index (κ2) is 5.04. The lowest BCUT2D eigenvalue weighted by Crippen LogP contribution is -1.91. The lowest BCUT2D eigenvalue weighted by Gasteiger charge is -1.97. The van der Waals surface area contributed by atoms with Crippen LogP contribution in [0.3, 0.4) is 0 Å². The van der Waals surface area contributed by atoms with Gasteiger partial charge in [0.15, 0.2) is 4.34 Å². The first kappa shape index (κ1) is 11.6. The minimum Gasteiger partial charge on any atom is -0.240 e. The SMILES string of the molecule is Cc1cnc(CSc2nc3ccccc3s2)nc1. The van der Waals surface area contributed by atoms with Gasteiger partial charge in [-0.2, -0.15) is 0 Å². The van der Waals surface area contributed by atoms with Crippen molar-refractivity contribution in [3.63, 3.8) is 0 Å². The van der Waals surface area contributed by atoms with Crippen LogP contribution in [0, 0.1) is 6.92 Å². The van der Waals surface area contributed by atoms with E-state index in [1.54, 1.807) is 23.1 Å². The highest BCUT2D eigenvalue weighted by Gasteiger charge is 2.05. The van der Waals surface area contributed by atoms with Crippen molar-refractivity contribution in [2.24, 2.45) is 0 Å². The van der Waals surface area contributed by atoms with E-state index >= 15 is 0 Å². The summed E-state index contributed by atoms with van der Waals surface area (Å²) >= 11 is 3.40. The predicted octanol–water partition coefficient (Wildman–Crippen LogP) is 3.69. The van der Waals surface area contributed by atoms with Crippen LogP contribution in [0.4, 0.5) is 0 Å². The number of thioether (sulfide) groups is 1. The number of hydrogen-bond donors (Lipinski definition) is 0. The molecule has 0 saturated heterocycles. The molecule has 0 saturated carbocycles. The Morgan fingerprint density at radius 1 is 1.17 bits per heavy atom. The maximum atomic E-state index is 4.57. The van der Waals surface area contributed by atoms with Crippen molar-refractivity contribution in [2.75, 3.05) is 0 Å². The molecule has 0 radical (unpaired) electrons. The van der Waals surface area contributed by atoms with Crippen LogP contribution in [0.15, 0.2) is 41.0 Å². The topological polar surface area (TPSA) is 38.7 Å². The van der Waals surface area contributed by atoms with Crippen molar-refractivity contribution in [3.8, 4) is 0 Å². The fraction of sp³-hybridized carbons (Fsp3) is 0.154. The molecule has 2 heterocycles. The van der Waals surface area contributed by atoms with Crippen LogP contribution in [0.1, 0.15) is 11.4 Å². The molecule has 0 N–H and O–H groups in total. The largest absolute Gasteiger partial charge is 0.240 e. The van der Waals surface area contributed by atoms with Gasteiger partial charge in [0.2, 0.25) is 0 Å². The third-order valence-corrected chi connectivity index (χ3v) is 4.61. The van der Waals surface area contributed by atoms with Gasteiger partial charge in [-0.1, -0.05) is 23.9 Å². The number of benzene rings is 1. The molecule has 5 heteroatoms. The van der Waals surface area contributed by atoms with E-state index in [1.807, 2.05) is 37.5 Å². The number of fused-ring (bicyclic) bond motifs is 1. The zero-order valence-electron chi connectivity index (χ0n) is 9.83. The van der Waals surface area contributed by atoms with Gasteiger partial charge in [-0.25, -0.2) is 15.0 Å². The Labute approximate surface area is 113 Å². The van der Waals surface area contributed by atoms with Crippen LogP contribution in [-0.4, -0.2) is 15.0 Å². The highest BCUT2D eigenvalue weighted by molar-refractivity contribution is 8.00. The van der Waals surface area contributed by atoms with Gasteiger partial charge >= 0.3 is 0 Å². The minimum absolute atomic E-state index is 0.764. The molecule has 1 aromatic carbocycles. The van der Waals surface area contributed by atoms with Gasteiger partial charge in [-0.15, -0.1) is 11.3 Å². The fourth-order valence-corrected chi connectivity index (χ4v) is 3.48. The van der Waals surface area contributed by atoms with E-state index in [2.05, 4.69) is 21.0 Å². The zero-order valence-corrected chi connectivity index (χ0v) is 11.5. The van der Waals surface area contributed by atoms with Crippen molar-refractivity contribution in [1.82, 2.24) is 15.0 Å². The molecule has 18 heavy (non-hydrogen) atoms. The van der Waals surface area contributed by atoms with Gasteiger partial charge in [-0.3, -0.25) is 0 Å². The second-order valence-electron chi connectivity index (χ2n) is 3.91.